The molecule has 4 atom stereocenters. The Kier molecular flexibility index (Phi) is 4.04. The highest BCUT2D eigenvalue weighted by Crippen LogP contribution is 2.46. The Balaban J connectivity index is 1.95. The zero-order chi connectivity index (χ0) is 14.3. The van der Waals surface area contributed by atoms with E-state index in [4.69, 9.17) is 4.74 Å². The number of fused-ring (bicyclic) bond motifs is 2. The fraction of sp³-hybridized carbons (Fsp3) is 0.562. The van der Waals surface area contributed by atoms with E-state index in [-0.39, 0.29) is 11.9 Å². The zero-order valence-electron chi connectivity index (χ0n) is 11.9. The molecule has 2 fully saturated rings. The molecule has 4 heteroatoms. The minimum atomic E-state index is -0.0502. The van der Waals surface area contributed by atoms with Gasteiger partial charge in [0.2, 0.25) is 0 Å². The highest BCUT2D eigenvalue weighted by molar-refractivity contribution is 14.1. The van der Waals surface area contributed by atoms with Crippen LogP contribution in [0.25, 0.3) is 0 Å². The van der Waals surface area contributed by atoms with Gasteiger partial charge in [0.05, 0.1) is 13.0 Å². The maximum Gasteiger partial charge on any atom is 0.310 e. The molecule has 3 rings (SSSR count). The van der Waals surface area contributed by atoms with Crippen molar-refractivity contribution in [1.29, 1.82) is 0 Å². The molecule has 108 valence electrons. The van der Waals surface area contributed by atoms with E-state index in [9.17, 15) is 4.79 Å². The maximum atomic E-state index is 12.3. The number of nitrogens with zero attached hydrogens (tertiary/aromatic N) is 1. The fourth-order valence-corrected chi connectivity index (χ4v) is 4.34. The third-order valence-electron chi connectivity index (χ3n) is 5.04. The molecule has 0 saturated carbocycles. The lowest BCUT2D eigenvalue weighted by Gasteiger charge is -2.41. The van der Waals surface area contributed by atoms with Crippen LogP contribution in [0.1, 0.15) is 30.7 Å². The van der Waals surface area contributed by atoms with Crippen molar-refractivity contribution in [1.82, 2.24) is 4.90 Å². The van der Waals surface area contributed by atoms with Gasteiger partial charge in [0.15, 0.2) is 0 Å². The molecule has 3 nitrogen and oxygen atoms in total. The Hall–Kier alpha value is -0.620. The molecule has 0 spiro atoms. The van der Waals surface area contributed by atoms with Gasteiger partial charge in [-0.05, 0) is 66.6 Å². The Morgan fingerprint density at radius 2 is 2.00 bits per heavy atom. The lowest BCUT2D eigenvalue weighted by Crippen LogP contribution is -2.49. The summed E-state index contributed by atoms with van der Waals surface area (Å²) < 4.78 is 6.33. The number of halogens is 1. The lowest BCUT2D eigenvalue weighted by molar-refractivity contribution is -0.150. The molecule has 2 aliphatic heterocycles. The van der Waals surface area contributed by atoms with Crippen molar-refractivity contribution in [3.63, 3.8) is 0 Å². The third-order valence-corrected chi connectivity index (χ3v) is 5.76. The number of esters is 1. The Bertz CT molecular complexity index is 502. The first kappa shape index (κ1) is 14.3. The zero-order valence-corrected chi connectivity index (χ0v) is 14.0. The van der Waals surface area contributed by atoms with E-state index in [1.54, 1.807) is 0 Å². The van der Waals surface area contributed by atoms with Crippen molar-refractivity contribution in [2.24, 2.45) is 5.92 Å². The molecule has 0 N–H and O–H groups in total. The average molecular weight is 385 g/mol. The molecule has 2 bridgehead atoms. The van der Waals surface area contributed by atoms with Crippen LogP contribution in [0.5, 0.6) is 0 Å². The number of benzene rings is 1. The number of piperidine rings is 1. The summed E-state index contributed by atoms with van der Waals surface area (Å²) in [7, 11) is 3.66. The summed E-state index contributed by atoms with van der Waals surface area (Å²) in [5, 5.41) is 0. The van der Waals surface area contributed by atoms with Gasteiger partial charge in [-0.15, -0.1) is 0 Å². The summed E-state index contributed by atoms with van der Waals surface area (Å²) in [4.78, 5) is 14.7. The number of hydrogen-bond donors (Lipinski definition) is 0. The number of carbonyl (C=O) groups is 1. The van der Waals surface area contributed by atoms with Crippen molar-refractivity contribution in [2.75, 3.05) is 14.2 Å². The average Bonchev–Trinajstić information content (AvgIpc) is 2.70. The lowest BCUT2D eigenvalue weighted by atomic mass is 9.76. The largest absolute Gasteiger partial charge is 0.469 e. The summed E-state index contributed by atoms with van der Waals surface area (Å²) in [6.45, 7) is 0. The predicted molar refractivity (Wildman–Crippen MR) is 86.6 cm³/mol. The van der Waals surface area contributed by atoms with Crippen LogP contribution in [-0.4, -0.2) is 37.1 Å². The van der Waals surface area contributed by atoms with Gasteiger partial charge in [-0.2, -0.15) is 0 Å². The molecule has 0 aromatic heterocycles. The molecule has 1 aromatic rings. The molecule has 2 saturated heterocycles. The van der Waals surface area contributed by atoms with Gasteiger partial charge in [-0.3, -0.25) is 9.69 Å². The van der Waals surface area contributed by atoms with E-state index in [1.165, 1.54) is 22.7 Å². The number of rotatable bonds is 2. The van der Waals surface area contributed by atoms with Crippen LogP contribution in [0, 0.1) is 9.49 Å². The second-order valence-electron chi connectivity index (χ2n) is 5.91. The van der Waals surface area contributed by atoms with E-state index >= 15 is 0 Å². The molecular formula is C16H20INO2. The second kappa shape index (κ2) is 5.64. The van der Waals surface area contributed by atoms with Crippen molar-refractivity contribution < 1.29 is 9.53 Å². The van der Waals surface area contributed by atoms with Crippen molar-refractivity contribution in [3.8, 4) is 0 Å². The van der Waals surface area contributed by atoms with Gasteiger partial charge in [0.1, 0.15) is 0 Å². The van der Waals surface area contributed by atoms with Crippen molar-refractivity contribution >= 4 is 28.6 Å². The van der Waals surface area contributed by atoms with Crippen LogP contribution >= 0.6 is 22.6 Å². The van der Waals surface area contributed by atoms with E-state index < -0.39 is 0 Å². The summed E-state index contributed by atoms with van der Waals surface area (Å²) in [5.41, 5.74) is 1.28. The predicted octanol–water partition coefficient (Wildman–Crippen LogP) is 3.03. The Labute approximate surface area is 133 Å². The molecule has 0 amide bonds. The Morgan fingerprint density at radius 3 is 2.65 bits per heavy atom. The van der Waals surface area contributed by atoms with Gasteiger partial charge in [-0.1, -0.05) is 12.1 Å². The fourth-order valence-electron chi connectivity index (χ4n) is 3.98. The summed E-state index contributed by atoms with van der Waals surface area (Å²) in [5.74, 6) is 0.225. The summed E-state index contributed by atoms with van der Waals surface area (Å²) in [6.07, 6.45) is 3.38. The second-order valence-corrected chi connectivity index (χ2v) is 7.15. The summed E-state index contributed by atoms with van der Waals surface area (Å²) in [6, 6.07) is 9.56. The first-order chi connectivity index (χ1) is 9.61. The van der Waals surface area contributed by atoms with Crippen molar-refractivity contribution in [2.45, 2.75) is 37.3 Å². The van der Waals surface area contributed by atoms with Gasteiger partial charge in [0.25, 0.3) is 0 Å². The number of carbonyl (C=O) groups excluding carboxylic acids is 1. The number of ether oxygens (including phenoxy) is 1. The van der Waals surface area contributed by atoms with Crippen LogP contribution in [0.3, 0.4) is 0 Å². The topological polar surface area (TPSA) is 29.5 Å². The first-order valence-corrected chi connectivity index (χ1v) is 8.25. The summed E-state index contributed by atoms with van der Waals surface area (Å²) >= 11 is 2.32. The molecule has 0 radical (unpaired) electrons. The number of methoxy groups -OCH3 is 1. The minimum absolute atomic E-state index is 0.0242. The smallest absolute Gasteiger partial charge is 0.310 e. The van der Waals surface area contributed by atoms with E-state index in [2.05, 4.69) is 58.8 Å². The monoisotopic (exact) mass is 385 g/mol. The minimum Gasteiger partial charge on any atom is -0.469 e. The maximum absolute atomic E-state index is 12.3. The van der Waals surface area contributed by atoms with Gasteiger partial charge < -0.3 is 4.74 Å². The molecular weight excluding hydrogens is 365 g/mol. The standard InChI is InChI=1S/C16H20INO2/c1-18-12-7-8-14(18)15(16(19)20-2)13(9-12)10-3-5-11(17)6-4-10/h3-6,12-15H,7-9H2,1-2H3/t12?,13-,14?,15+/m1/s1. The van der Waals surface area contributed by atoms with E-state index in [0.717, 1.165) is 12.8 Å². The number of hydrogen-bond acceptors (Lipinski definition) is 3. The quantitative estimate of drug-likeness (QED) is 0.579. The van der Waals surface area contributed by atoms with E-state index in [1.807, 2.05) is 0 Å². The van der Waals surface area contributed by atoms with Crippen LogP contribution in [0.4, 0.5) is 0 Å². The molecule has 20 heavy (non-hydrogen) atoms. The van der Waals surface area contributed by atoms with E-state index in [0.29, 0.717) is 18.0 Å². The Morgan fingerprint density at radius 1 is 1.30 bits per heavy atom. The molecule has 1 aromatic carbocycles. The highest BCUT2D eigenvalue weighted by Gasteiger charge is 2.49. The third kappa shape index (κ3) is 2.37. The van der Waals surface area contributed by atoms with Crippen LogP contribution < -0.4 is 0 Å². The van der Waals surface area contributed by atoms with Crippen molar-refractivity contribution in [3.05, 3.63) is 33.4 Å². The van der Waals surface area contributed by atoms with Crippen LogP contribution in [0.2, 0.25) is 0 Å². The highest BCUT2D eigenvalue weighted by atomic mass is 127. The molecule has 2 heterocycles. The molecule has 2 aliphatic rings. The van der Waals surface area contributed by atoms with Gasteiger partial charge in [0, 0.05) is 21.6 Å². The van der Waals surface area contributed by atoms with Gasteiger partial charge >= 0.3 is 5.97 Å². The first-order valence-electron chi connectivity index (χ1n) is 7.17. The molecule has 0 aliphatic carbocycles. The van der Waals surface area contributed by atoms with Crippen LogP contribution in [0.15, 0.2) is 24.3 Å². The van der Waals surface area contributed by atoms with Gasteiger partial charge in [-0.25, -0.2) is 0 Å². The SMILES string of the molecule is COC(=O)[C@@H]1C2CCC(C[C@@H]1c1ccc(I)cc1)N2C. The molecule has 2 unspecified atom stereocenters. The van der Waals surface area contributed by atoms with Crippen LogP contribution in [-0.2, 0) is 9.53 Å². The normalized spacial score (nSPS) is 33.1.